The molecule has 0 spiro atoms. The Morgan fingerprint density at radius 3 is 2.29 bits per heavy atom. The molecule has 0 atom stereocenters. The molecule has 0 fully saturated rings. The van der Waals surface area contributed by atoms with Crippen LogP contribution in [0, 0.1) is 0 Å². The number of aryl methyl sites for hydroxylation is 2. The number of aliphatic carboxylic acids is 1. The molecule has 0 bridgehead atoms. The Labute approximate surface area is 199 Å². The Bertz CT molecular complexity index is 1270. The largest absolute Gasteiger partial charge is 0.489 e. The van der Waals surface area contributed by atoms with Gasteiger partial charge < -0.3 is 9.84 Å². The fourth-order valence-electron chi connectivity index (χ4n) is 4.14. The number of benzene rings is 3. The molecule has 1 heterocycles. The van der Waals surface area contributed by atoms with Crippen molar-refractivity contribution < 1.29 is 19.4 Å². The quantitative estimate of drug-likeness (QED) is 0.306. The first-order chi connectivity index (χ1) is 16.5. The lowest BCUT2D eigenvalue weighted by Crippen LogP contribution is -2.10. The van der Waals surface area contributed by atoms with E-state index in [0.717, 1.165) is 34.9 Å². The second-order valence-corrected chi connectivity index (χ2v) is 8.47. The third kappa shape index (κ3) is 5.54. The highest BCUT2D eigenvalue weighted by Crippen LogP contribution is 2.25. The van der Waals surface area contributed by atoms with Crippen molar-refractivity contribution in [2.45, 2.75) is 45.6 Å². The third-order valence-corrected chi connectivity index (χ3v) is 5.92. The fraction of sp³-hybridized carbons (Fsp3) is 0.241. The van der Waals surface area contributed by atoms with Gasteiger partial charge in [-0.1, -0.05) is 55.8 Å². The molecule has 0 amide bonds. The van der Waals surface area contributed by atoms with Crippen LogP contribution in [-0.4, -0.2) is 21.6 Å². The van der Waals surface area contributed by atoms with Crippen LogP contribution in [0.5, 0.6) is 5.75 Å². The monoisotopic (exact) mass is 455 g/mol. The molecule has 5 nitrogen and oxygen atoms in total. The van der Waals surface area contributed by atoms with Gasteiger partial charge in [-0.3, -0.25) is 14.2 Å². The summed E-state index contributed by atoms with van der Waals surface area (Å²) in [6.45, 7) is 2.65. The van der Waals surface area contributed by atoms with E-state index < -0.39 is 5.97 Å². The van der Waals surface area contributed by atoms with E-state index >= 15 is 0 Å². The van der Waals surface area contributed by atoms with Crippen LogP contribution in [0.2, 0.25) is 0 Å². The molecule has 1 aromatic heterocycles. The standard InChI is InChI=1S/C29H29NO4/c1-2-6-21-11-13-22(14-12-21)20-34-25-17-15-23(16-18-25)29(33)30-19-24(7-5-10-28(31)32)26-8-3-4-9-27(26)30/h3-4,8-9,11-19H,2,5-7,10,20H2,1H3,(H,31,32). The Morgan fingerprint density at radius 1 is 0.882 bits per heavy atom. The molecule has 4 rings (SSSR count). The predicted molar refractivity (Wildman–Crippen MR) is 133 cm³/mol. The maximum Gasteiger partial charge on any atom is 0.303 e. The number of hydrogen-bond donors (Lipinski definition) is 1. The summed E-state index contributed by atoms with van der Waals surface area (Å²) in [7, 11) is 0. The summed E-state index contributed by atoms with van der Waals surface area (Å²) < 4.78 is 7.56. The summed E-state index contributed by atoms with van der Waals surface area (Å²) in [5.41, 5.74) is 4.81. The van der Waals surface area contributed by atoms with Crippen molar-refractivity contribution in [2.75, 3.05) is 0 Å². The molecule has 3 aromatic carbocycles. The van der Waals surface area contributed by atoms with Crippen LogP contribution in [0.25, 0.3) is 10.9 Å². The zero-order chi connectivity index (χ0) is 23.9. The molecule has 5 heteroatoms. The van der Waals surface area contributed by atoms with E-state index in [9.17, 15) is 9.59 Å². The summed E-state index contributed by atoms with van der Waals surface area (Å²) in [5, 5.41) is 9.91. The molecule has 174 valence electrons. The van der Waals surface area contributed by atoms with Crippen molar-refractivity contribution in [3.05, 3.63) is 101 Å². The SMILES string of the molecule is CCCc1ccc(COc2ccc(C(=O)n3cc(CCCC(=O)O)c4ccccc43)cc2)cc1. The van der Waals surface area contributed by atoms with Gasteiger partial charge in [-0.2, -0.15) is 0 Å². The van der Waals surface area contributed by atoms with Gasteiger partial charge in [0.25, 0.3) is 5.91 Å². The van der Waals surface area contributed by atoms with E-state index in [1.807, 2.05) is 42.6 Å². The maximum atomic E-state index is 13.3. The topological polar surface area (TPSA) is 68.5 Å². The molecule has 0 aliphatic rings. The van der Waals surface area contributed by atoms with Gasteiger partial charge in [-0.25, -0.2) is 0 Å². The Morgan fingerprint density at radius 2 is 1.59 bits per heavy atom. The van der Waals surface area contributed by atoms with Gasteiger partial charge in [-0.05, 0) is 66.3 Å². The molecular weight excluding hydrogens is 426 g/mol. The number of aromatic nitrogens is 1. The summed E-state index contributed by atoms with van der Waals surface area (Å²) in [4.78, 5) is 24.1. The zero-order valence-electron chi connectivity index (χ0n) is 19.4. The van der Waals surface area contributed by atoms with Crippen LogP contribution >= 0.6 is 0 Å². The van der Waals surface area contributed by atoms with E-state index in [4.69, 9.17) is 9.84 Å². The zero-order valence-corrected chi connectivity index (χ0v) is 19.4. The maximum absolute atomic E-state index is 13.3. The molecule has 0 aliphatic heterocycles. The molecule has 0 unspecified atom stereocenters. The Hall–Kier alpha value is -3.86. The van der Waals surface area contributed by atoms with E-state index in [0.29, 0.717) is 30.8 Å². The second kappa shape index (κ2) is 10.8. The number of carboxylic acid groups (broad SMARTS) is 1. The molecule has 34 heavy (non-hydrogen) atoms. The first-order valence-corrected chi connectivity index (χ1v) is 11.7. The minimum atomic E-state index is -0.810. The van der Waals surface area contributed by atoms with E-state index in [2.05, 4.69) is 31.2 Å². The molecule has 0 aliphatic carbocycles. The van der Waals surface area contributed by atoms with E-state index in [1.165, 1.54) is 5.56 Å². The lowest BCUT2D eigenvalue weighted by atomic mass is 10.1. The fourth-order valence-corrected chi connectivity index (χ4v) is 4.14. The van der Waals surface area contributed by atoms with Crippen LogP contribution in [0.1, 0.15) is 53.2 Å². The van der Waals surface area contributed by atoms with Crippen LogP contribution < -0.4 is 4.74 Å². The number of hydrogen-bond acceptors (Lipinski definition) is 3. The van der Waals surface area contributed by atoms with Gasteiger partial charge in [0.2, 0.25) is 0 Å². The number of carboxylic acids is 1. The average Bonchev–Trinajstić information content (AvgIpc) is 3.22. The summed E-state index contributed by atoms with van der Waals surface area (Å²) in [6.07, 6.45) is 5.30. The van der Waals surface area contributed by atoms with Crippen LogP contribution in [0.3, 0.4) is 0 Å². The smallest absolute Gasteiger partial charge is 0.303 e. The van der Waals surface area contributed by atoms with Gasteiger partial charge >= 0.3 is 5.97 Å². The van der Waals surface area contributed by atoms with Crippen LogP contribution in [-0.2, 0) is 24.2 Å². The van der Waals surface area contributed by atoms with Gasteiger partial charge in [0.15, 0.2) is 0 Å². The lowest BCUT2D eigenvalue weighted by Gasteiger charge is -2.09. The lowest BCUT2D eigenvalue weighted by molar-refractivity contribution is -0.137. The van der Waals surface area contributed by atoms with Crippen molar-refractivity contribution >= 4 is 22.8 Å². The minimum absolute atomic E-state index is 0.109. The van der Waals surface area contributed by atoms with Crippen LogP contribution in [0.4, 0.5) is 0 Å². The summed E-state index contributed by atoms with van der Waals surface area (Å²) >= 11 is 0. The van der Waals surface area contributed by atoms with Gasteiger partial charge in [-0.15, -0.1) is 0 Å². The van der Waals surface area contributed by atoms with Crippen molar-refractivity contribution in [3.63, 3.8) is 0 Å². The summed E-state index contributed by atoms with van der Waals surface area (Å²) in [5.74, 6) is -0.227. The van der Waals surface area contributed by atoms with Gasteiger partial charge in [0, 0.05) is 23.6 Å². The number of rotatable bonds is 10. The number of ether oxygens (including phenoxy) is 1. The van der Waals surface area contributed by atoms with Crippen molar-refractivity contribution in [1.82, 2.24) is 4.57 Å². The van der Waals surface area contributed by atoms with Crippen LogP contribution in [0.15, 0.2) is 79.0 Å². The van der Waals surface area contributed by atoms with E-state index in [1.54, 1.807) is 16.7 Å². The highest BCUT2D eigenvalue weighted by Gasteiger charge is 2.15. The Kier molecular flexibility index (Phi) is 7.43. The molecule has 0 saturated carbocycles. The predicted octanol–water partition coefficient (Wildman–Crippen LogP) is 6.27. The number of fused-ring (bicyclic) bond motifs is 1. The molecule has 0 saturated heterocycles. The molecule has 1 N–H and O–H groups in total. The number of carbonyl (C=O) groups is 2. The highest BCUT2D eigenvalue weighted by molar-refractivity contribution is 6.03. The van der Waals surface area contributed by atoms with E-state index in [-0.39, 0.29) is 12.3 Å². The van der Waals surface area contributed by atoms with Crippen molar-refractivity contribution in [2.24, 2.45) is 0 Å². The van der Waals surface area contributed by atoms with Crippen molar-refractivity contribution in [3.8, 4) is 5.75 Å². The number of nitrogens with zero attached hydrogens (tertiary/aromatic N) is 1. The van der Waals surface area contributed by atoms with Gasteiger partial charge in [0.05, 0.1) is 5.52 Å². The summed E-state index contributed by atoms with van der Waals surface area (Å²) in [6, 6.07) is 23.4. The first kappa shape index (κ1) is 23.3. The molecular formula is C29H29NO4. The molecule has 4 aromatic rings. The average molecular weight is 456 g/mol. The first-order valence-electron chi connectivity index (χ1n) is 11.7. The minimum Gasteiger partial charge on any atom is -0.489 e. The molecule has 0 radical (unpaired) electrons. The Balaban J connectivity index is 1.45. The van der Waals surface area contributed by atoms with Gasteiger partial charge in [0.1, 0.15) is 12.4 Å². The highest BCUT2D eigenvalue weighted by atomic mass is 16.5. The van der Waals surface area contributed by atoms with Crippen molar-refractivity contribution in [1.29, 1.82) is 0 Å². The number of para-hydroxylation sites is 1. The normalized spacial score (nSPS) is 11.0. The number of carbonyl (C=O) groups excluding carboxylic acids is 1. The third-order valence-electron chi connectivity index (χ3n) is 5.92. The second-order valence-electron chi connectivity index (χ2n) is 8.47.